The van der Waals surface area contributed by atoms with E-state index in [0.29, 0.717) is 22.3 Å². The van der Waals surface area contributed by atoms with Crippen molar-refractivity contribution in [2.24, 2.45) is 10.9 Å². The van der Waals surface area contributed by atoms with Crippen molar-refractivity contribution in [2.75, 3.05) is 5.32 Å². The molecule has 1 aromatic carbocycles. The Morgan fingerprint density at radius 3 is 2.65 bits per heavy atom. The van der Waals surface area contributed by atoms with Crippen LogP contribution in [0.15, 0.2) is 41.7 Å². The Labute approximate surface area is 126 Å². The van der Waals surface area contributed by atoms with E-state index in [1.54, 1.807) is 30.5 Å². The van der Waals surface area contributed by atoms with Gasteiger partial charge in [-0.3, -0.25) is 4.98 Å². The quantitative estimate of drug-likeness (QED) is 0.351. The second kappa shape index (κ2) is 6.45. The van der Waals surface area contributed by atoms with Crippen LogP contribution in [0.4, 0.5) is 5.69 Å². The molecule has 0 unspecified atom stereocenters. The summed E-state index contributed by atoms with van der Waals surface area (Å²) in [6, 6.07) is 8.77. The molecule has 0 fully saturated rings. The first-order chi connectivity index (χ1) is 9.60. The lowest BCUT2D eigenvalue weighted by atomic mass is 10.1. The molecule has 0 aliphatic rings. The molecule has 1 heterocycles. The number of pyridine rings is 1. The van der Waals surface area contributed by atoms with Crippen LogP contribution < -0.4 is 11.1 Å². The molecule has 0 spiro atoms. The minimum Gasteiger partial charge on any atom is -0.409 e. The number of anilines is 1. The van der Waals surface area contributed by atoms with Gasteiger partial charge in [0.2, 0.25) is 0 Å². The van der Waals surface area contributed by atoms with Crippen molar-refractivity contribution >= 4 is 34.7 Å². The summed E-state index contributed by atoms with van der Waals surface area (Å²) < 4.78 is 0. The van der Waals surface area contributed by atoms with Crippen LogP contribution in [0, 0.1) is 0 Å². The predicted molar refractivity (Wildman–Crippen MR) is 80.5 cm³/mol. The Bertz CT molecular complexity index is 626. The van der Waals surface area contributed by atoms with E-state index in [0.717, 1.165) is 11.3 Å². The second-order valence-corrected chi connectivity index (χ2v) is 4.88. The summed E-state index contributed by atoms with van der Waals surface area (Å²) in [5, 5.41) is 16.0. The molecule has 5 nitrogen and oxygen atoms in total. The Hall–Kier alpha value is -1.98. The molecule has 1 aromatic heterocycles. The van der Waals surface area contributed by atoms with Crippen LogP contribution in [-0.2, 0) is 6.54 Å². The zero-order chi connectivity index (χ0) is 14.5. The topological polar surface area (TPSA) is 83.5 Å². The van der Waals surface area contributed by atoms with Crippen molar-refractivity contribution in [3.63, 3.8) is 0 Å². The van der Waals surface area contributed by atoms with Crippen LogP contribution in [0.25, 0.3) is 0 Å². The summed E-state index contributed by atoms with van der Waals surface area (Å²) in [5.41, 5.74) is 7.57. The van der Waals surface area contributed by atoms with Gasteiger partial charge >= 0.3 is 0 Å². The molecule has 0 bridgehead atoms. The van der Waals surface area contributed by atoms with E-state index in [1.807, 2.05) is 6.07 Å². The third-order valence-corrected chi connectivity index (χ3v) is 3.02. The van der Waals surface area contributed by atoms with E-state index < -0.39 is 0 Å². The van der Waals surface area contributed by atoms with Gasteiger partial charge in [-0.25, -0.2) is 0 Å². The summed E-state index contributed by atoms with van der Waals surface area (Å²) in [4.78, 5) is 4.09. The number of hydrogen-bond donors (Lipinski definition) is 3. The highest BCUT2D eigenvalue weighted by Crippen LogP contribution is 2.23. The van der Waals surface area contributed by atoms with Crippen molar-refractivity contribution in [2.45, 2.75) is 6.54 Å². The van der Waals surface area contributed by atoms with Crippen LogP contribution in [0.3, 0.4) is 0 Å². The Kier molecular flexibility index (Phi) is 4.65. The minimum atomic E-state index is -0.0356. The molecule has 0 radical (unpaired) electrons. The fraction of sp³-hybridized carbons (Fsp3) is 0.0769. The highest BCUT2D eigenvalue weighted by molar-refractivity contribution is 6.35. The molecule has 104 valence electrons. The first-order valence-corrected chi connectivity index (χ1v) is 6.47. The molecular weight excluding hydrogens is 299 g/mol. The maximum absolute atomic E-state index is 8.74. The van der Waals surface area contributed by atoms with Gasteiger partial charge in [-0.2, -0.15) is 0 Å². The zero-order valence-electron chi connectivity index (χ0n) is 10.3. The smallest absolute Gasteiger partial charge is 0.189 e. The average molecular weight is 311 g/mol. The lowest BCUT2D eigenvalue weighted by Crippen LogP contribution is -2.18. The standard InChI is InChI=1S/C13H12Cl2N4O/c14-9-4-10(15)6-11(5-9)18-7-8-2-1-3-17-12(8)13(16)19-20/h1-6,18,20H,7H2,(H2,16,19). The van der Waals surface area contributed by atoms with Gasteiger partial charge in [-0.1, -0.05) is 34.4 Å². The molecule has 2 rings (SSSR count). The normalized spacial score (nSPS) is 11.4. The van der Waals surface area contributed by atoms with Crippen LogP contribution in [0.1, 0.15) is 11.3 Å². The average Bonchev–Trinajstić information content (AvgIpc) is 2.43. The number of benzene rings is 1. The fourth-order valence-electron chi connectivity index (χ4n) is 1.71. The van der Waals surface area contributed by atoms with Crippen molar-refractivity contribution in [1.82, 2.24) is 4.98 Å². The van der Waals surface area contributed by atoms with Crippen LogP contribution in [0.5, 0.6) is 0 Å². The highest BCUT2D eigenvalue weighted by atomic mass is 35.5. The summed E-state index contributed by atoms with van der Waals surface area (Å²) >= 11 is 11.9. The first kappa shape index (κ1) is 14.4. The van der Waals surface area contributed by atoms with Gasteiger partial charge in [-0.05, 0) is 24.3 Å². The molecule has 4 N–H and O–H groups in total. The number of oxime groups is 1. The summed E-state index contributed by atoms with van der Waals surface area (Å²) in [5.74, 6) is -0.0356. The first-order valence-electron chi connectivity index (χ1n) is 5.72. The van der Waals surface area contributed by atoms with Gasteiger partial charge in [0.05, 0.1) is 0 Å². The summed E-state index contributed by atoms with van der Waals surface area (Å²) in [6.45, 7) is 0.441. The van der Waals surface area contributed by atoms with Gasteiger partial charge in [0.15, 0.2) is 5.84 Å². The fourth-order valence-corrected chi connectivity index (χ4v) is 2.24. The second-order valence-electron chi connectivity index (χ2n) is 4.01. The number of nitrogens with zero attached hydrogens (tertiary/aromatic N) is 2. The molecule has 0 aliphatic carbocycles. The molecule has 2 aromatic rings. The maximum atomic E-state index is 8.74. The van der Waals surface area contributed by atoms with Crippen molar-refractivity contribution in [1.29, 1.82) is 0 Å². The molecule has 0 aliphatic heterocycles. The number of nitrogens with one attached hydrogen (secondary N) is 1. The number of amidine groups is 1. The number of aromatic nitrogens is 1. The third kappa shape index (κ3) is 3.53. The molecular formula is C13H12Cl2N4O. The molecule has 0 saturated heterocycles. The van der Waals surface area contributed by atoms with Gasteiger partial charge in [0.1, 0.15) is 5.69 Å². The van der Waals surface area contributed by atoms with Crippen molar-refractivity contribution in [3.05, 3.63) is 57.8 Å². The molecule has 0 amide bonds. The van der Waals surface area contributed by atoms with Crippen LogP contribution >= 0.6 is 23.2 Å². The monoisotopic (exact) mass is 310 g/mol. The largest absolute Gasteiger partial charge is 0.409 e. The van der Waals surface area contributed by atoms with E-state index in [2.05, 4.69) is 15.5 Å². The van der Waals surface area contributed by atoms with Gasteiger partial charge in [0, 0.05) is 34.0 Å². The number of hydrogen-bond acceptors (Lipinski definition) is 4. The van der Waals surface area contributed by atoms with E-state index in [4.69, 9.17) is 34.1 Å². The van der Waals surface area contributed by atoms with Crippen LogP contribution in [-0.4, -0.2) is 16.0 Å². The highest BCUT2D eigenvalue weighted by Gasteiger charge is 2.08. The lowest BCUT2D eigenvalue weighted by Gasteiger charge is -2.10. The third-order valence-electron chi connectivity index (χ3n) is 2.59. The van der Waals surface area contributed by atoms with E-state index in [1.165, 1.54) is 0 Å². The minimum absolute atomic E-state index is 0.0356. The Morgan fingerprint density at radius 1 is 1.30 bits per heavy atom. The summed E-state index contributed by atoms with van der Waals surface area (Å²) in [6.07, 6.45) is 1.58. The zero-order valence-corrected chi connectivity index (χ0v) is 11.9. The SMILES string of the molecule is NC(=NO)c1ncccc1CNc1cc(Cl)cc(Cl)c1. The van der Waals surface area contributed by atoms with Gasteiger partial charge < -0.3 is 16.3 Å². The van der Waals surface area contributed by atoms with Crippen LogP contribution in [0.2, 0.25) is 10.0 Å². The van der Waals surface area contributed by atoms with E-state index in [9.17, 15) is 0 Å². The van der Waals surface area contributed by atoms with Crippen molar-refractivity contribution < 1.29 is 5.21 Å². The number of rotatable bonds is 4. The number of nitrogens with two attached hydrogens (primary N) is 1. The van der Waals surface area contributed by atoms with Gasteiger partial charge in [-0.15, -0.1) is 0 Å². The van der Waals surface area contributed by atoms with E-state index in [-0.39, 0.29) is 5.84 Å². The molecule has 0 atom stereocenters. The molecule has 20 heavy (non-hydrogen) atoms. The Balaban J connectivity index is 2.19. The van der Waals surface area contributed by atoms with Crippen molar-refractivity contribution in [3.8, 4) is 0 Å². The summed E-state index contributed by atoms with van der Waals surface area (Å²) in [7, 11) is 0. The maximum Gasteiger partial charge on any atom is 0.189 e. The lowest BCUT2D eigenvalue weighted by molar-refractivity contribution is 0.318. The number of halogens is 2. The molecule has 0 saturated carbocycles. The molecule has 7 heteroatoms. The van der Waals surface area contributed by atoms with E-state index >= 15 is 0 Å². The predicted octanol–water partition coefficient (Wildman–Crippen LogP) is 3.10. The van der Waals surface area contributed by atoms with Gasteiger partial charge in [0.25, 0.3) is 0 Å². The Morgan fingerprint density at radius 2 is 2.00 bits per heavy atom.